The summed E-state index contributed by atoms with van der Waals surface area (Å²) in [6, 6.07) is 63.0. The highest BCUT2D eigenvalue weighted by Gasteiger charge is 2.36. The monoisotopic (exact) mass is 760 g/mol. The van der Waals surface area contributed by atoms with Crippen LogP contribution in [0, 0.1) is 0 Å². The smallest absolute Gasteiger partial charge is 0.0555 e. The SMILES string of the molecule is CC1(C)c2cc(N(c3ccccc3)c3ccc(-c4ccc5ccccc5c4)cc3)ccc2-c2ccc(-n3c4c(c5c6sc7ccccc7c6ccc53)=CCCC=4)cc21. The van der Waals surface area contributed by atoms with E-state index in [9.17, 15) is 0 Å². The molecule has 2 nitrogen and oxygen atoms in total. The first kappa shape index (κ1) is 33.5. The minimum atomic E-state index is -0.198. The fraction of sp³-hybridized carbons (Fsp3) is 0.0909. The molecule has 8 aromatic carbocycles. The predicted molar refractivity (Wildman–Crippen MR) is 249 cm³/mol. The Hall–Kier alpha value is -6.68. The molecule has 10 aromatic rings. The van der Waals surface area contributed by atoms with Crippen LogP contribution in [0.4, 0.5) is 17.1 Å². The van der Waals surface area contributed by atoms with Crippen molar-refractivity contribution in [1.29, 1.82) is 0 Å². The number of para-hydroxylation sites is 1. The van der Waals surface area contributed by atoms with E-state index < -0.39 is 0 Å². The van der Waals surface area contributed by atoms with Crippen LogP contribution in [0.5, 0.6) is 0 Å². The third-order valence-electron chi connectivity index (χ3n) is 12.8. The third-order valence-corrected chi connectivity index (χ3v) is 14.0. The van der Waals surface area contributed by atoms with Crippen LogP contribution in [0.15, 0.2) is 170 Å². The quantitative estimate of drug-likeness (QED) is 0.170. The lowest BCUT2D eigenvalue weighted by molar-refractivity contribution is 0.660. The molecule has 0 radical (unpaired) electrons. The molecular formula is C55H40N2S. The van der Waals surface area contributed by atoms with Gasteiger partial charge in [0.05, 0.1) is 5.52 Å². The Morgan fingerprint density at radius 2 is 1.22 bits per heavy atom. The Bertz CT molecular complexity index is 3420. The molecule has 276 valence electrons. The van der Waals surface area contributed by atoms with Crippen LogP contribution in [0.2, 0.25) is 0 Å². The summed E-state index contributed by atoms with van der Waals surface area (Å²) in [6.07, 6.45) is 7.08. The fourth-order valence-electron chi connectivity index (χ4n) is 9.92. The Balaban J connectivity index is 0.958. The molecule has 0 bridgehead atoms. The van der Waals surface area contributed by atoms with Crippen molar-refractivity contribution in [2.75, 3.05) is 4.90 Å². The summed E-state index contributed by atoms with van der Waals surface area (Å²) in [7, 11) is 0. The van der Waals surface area contributed by atoms with E-state index >= 15 is 0 Å². The zero-order valence-corrected chi connectivity index (χ0v) is 33.4. The summed E-state index contributed by atoms with van der Waals surface area (Å²) in [4.78, 5) is 2.40. The summed E-state index contributed by atoms with van der Waals surface area (Å²) in [6.45, 7) is 4.81. The zero-order chi connectivity index (χ0) is 38.5. The molecule has 3 heteroatoms. The largest absolute Gasteiger partial charge is 0.310 e. The predicted octanol–water partition coefficient (Wildman–Crippen LogP) is 13.9. The van der Waals surface area contributed by atoms with E-state index in [0.29, 0.717) is 0 Å². The number of aromatic nitrogens is 1. The lowest BCUT2D eigenvalue weighted by Gasteiger charge is -2.28. The van der Waals surface area contributed by atoms with Gasteiger partial charge in [-0.2, -0.15) is 0 Å². The highest BCUT2D eigenvalue weighted by molar-refractivity contribution is 7.26. The topological polar surface area (TPSA) is 8.17 Å². The van der Waals surface area contributed by atoms with Gasteiger partial charge in [-0.1, -0.05) is 129 Å². The van der Waals surface area contributed by atoms with E-state index in [0.717, 1.165) is 29.9 Å². The molecule has 58 heavy (non-hydrogen) atoms. The highest BCUT2D eigenvalue weighted by Crippen LogP contribution is 2.51. The average molecular weight is 761 g/mol. The second kappa shape index (κ2) is 12.7. The Labute approximate surface area is 341 Å². The number of thiophene rings is 1. The summed E-state index contributed by atoms with van der Waals surface area (Å²) in [5, 5.41) is 9.34. The van der Waals surface area contributed by atoms with Gasteiger partial charge < -0.3 is 9.47 Å². The van der Waals surface area contributed by atoms with Gasteiger partial charge in [0, 0.05) is 64.3 Å². The summed E-state index contributed by atoms with van der Waals surface area (Å²) in [5.41, 5.74) is 13.6. The molecule has 2 aliphatic rings. The Morgan fingerprint density at radius 3 is 2.09 bits per heavy atom. The van der Waals surface area contributed by atoms with Crippen LogP contribution >= 0.6 is 11.3 Å². The zero-order valence-electron chi connectivity index (χ0n) is 32.5. The maximum atomic E-state index is 2.54. The van der Waals surface area contributed by atoms with Crippen molar-refractivity contribution in [2.24, 2.45) is 0 Å². The van der Waals surface area contributed by atoms with Crippen LogP contribution in [-0.2, 0) is 5.41 Å². The van der Waals surface area contributed by atoms with Crippen LogP contribution < -0.4 is 15.5 Å². The van der Waals surface area contributed by atoms with E-state index in [1.54, 1.807) is 0 Å². The number of hydrogen-bond acceptors (Lipinski definition) is 2. The van der Waals surface area contributed by atoms with Gasteiger partial charge in [-0.15, -0.1) is 11.3 Å². The van der Waals surface area contributed by atoms with Gasteiger partial charge in [0.1, 0.15) is 0 Å². The number of benzene rings is 8. The molecule has 0 aliphatic heterocycles. The van der Waals surface area contributed by atoms with Gasteiger partial charge in [0.2, 0.25) is 0 Å². The van der Waals surface area contributed by atoms with Crippen molar-refractivity contribution in [3.8, 4) is 27.9 Å². The van der Waals surface area contributed by atoms with E-state index in [-0.39, 0.29) is 5.41 Å². The number of nitrogens with zero attached hydrogens (tertiary/aromatic N) is 2. The lowest BCUT2D eigenvalue weighted by atomic mass is 9.82. The van der Waals surface area contributed by atoms with Crippen molar-refractivity contribution in [3.63, 3.8) is 0 Å². The first-order valence-electron chi connectivity index (χ1n) is 20.4. The molecule has 2 heterocycles. The molecule has 2 aliphatic carbocycles. The summed E-state index contributed by atoms with van der Waals surface area (Å²) < 4.78 is 5.28. The standard InChI is InChI=1S/C55H40N2S/c1-55(2)48-33-41(56(39-14-4-3-5-15-39)40-24-22-36(23-25-40)38-21-20-35-12-6-7-13-37(35)32-38)26-28-43(48)44-29-27-42(34-49(44)55)57-50-18-10-8-17-47(50)53-51(57)31-30-46-45-16-9-11-19-52(45)58-54(46)53/h3-7,9,11-34H,8,10H2,1-2H3. The van der Waals surface area contributed by atoms with E-state index in [1.807, 2.05) is 11.3 Å². The molecule has 0 fully saturated rings. The third kappa shape index (κ3) is 4.96. The van der Waals surface area contributed by atoms with Crippen molar-refractivity contribution >= 4 is 82.4 Å². The van der Waals surface area contributed by atoms with Crippen molar-refractivity contribution in [2.45, 2.75) is 32.1 Å². The molecule has 0 atom stereocenters. The van der Waals surface area contributed by atoms with Gasteiger partial charge in [-0.05, 0) is 124 Å². The molecular weight excluding hydrogens is 721 g/mol. The molecule has 0 N–H and O–H groups in total. The van der Waals surface area contributed by atoms with Crippen LogP contribution in [0.1, 0.15) is 37.8 Å². The Kier molecular flexibility index (Phi) is 7.30. The second-order valence-electron chi connectivity index (χ2n) is 16.4. The first-order valence-corrected chi connectivity index (χ1v) is 21.2. The normalized spacial score (nSPS) is 14.0. The van der Waals surface area contributed by atoms with Gasteiger partial charge >= 0.3 is 0 Å². The summed E-state index contributed by atoms with van der Waals surface area (Å²) in [5.74, 6) is 0. The van der Waals surface area contributed by atoms with Crippen molar-refractivity contribution in [1.82, 2.24) is 4.57 Å². The molecule has 12 rings (SSSR count). The van der Waals surface area contributed by atoms with Gasteiger partial charge in [-0.3, -0.25) is 0 Å². The van der Waals surface area contributed by atoms with E-state index in [4.69, 9.17) is 0 Å². The van der Waals surface area contributed by atoms with Gasteiger partial charge in [-0.25, -0.2) is 0 Å². The fourth-order valence-corrected chi connectivity index (χ4v) is 11.2. The molecule has 2 aromatic heterocycles. The van der Waals surface area contributed by atoms with Crippen LogP contribution in [-0.4, -0.2) is 4.57 Å². The second-order valence-corrected chi connectivity index (χ2v) is 17.5. The minimum Gasteiger partial charge on any atom is -0.310 e. The molecule has 0 saturated heterocycles. The number of anilines is 3. The molecule has 0 saturated carbocycles. The Morgan fingerprint density at radius 1 is 0.534 bits per heavy atom. The average Bonchev–Trinajstić information content (AvgIpc) is 3.89. The van der Waals surface area contributed by atoms with Crippen molar-refractivity contribution in [3.05, 3.63) is 192 Å². The molecule has 0 spiro atoms. The first-order chi connectivity index (χ1) is 28.5. The van der Waals surface area contributed by atoms with Crippen molar-refractivity contribution < 1.29 is 0 Å². The maximum Gasteiger partial charge on any atom is 0.0555 e. The van der Waals surface area contributed by atoms with Crippen LogP contribution in [0.25, 0.3) is 81.9 Å². The summed E-state index contributed by atoms with van der Waals surface area (Å²) >= 11 is 1.93. The van der Waals surface area contributed by atoms with Gasteiger partial charge in [0.15, 0.2) is 0 Å². The van der Waals surface area contributed by atoms with E-state index in [1.165, 1.54) is 91.5 Å². The minimum absolute atomic E-state index is 0.198. The maximum absolute atomic E-state index is 2.54. The van der Waals surface area contributed by atoms with Gasteiger partial charge in [0.25, 0.3) is 0 Å². The molecule has 0 amide bonds. The van der Waals surface area contributed by atoms with Crippen LogP contribution in [0.3, 0.4) is 0 Å². The lowest BCUT2D eigenvalue weighted by Crippen LogP contribution is -2.30. The van der Waals surface area contributed by atoms with E-state index in [2.05, 4.69) is 205 Å². The number of fused-ring (bicyclic) bond motifs is 11. The molecule has 0 unspecified atom stereocenters. The number of hydrogen-bond donors (Lipinski definition) is 0. The number of rotatable bonds is 5. The highest BCUT2D eigenvalue weighted by atomic mass is 32.1.